The molecule has 0 aromatic rings. The van der Waals surface area contributed by atoms with Crippen molar-refractivity contribution in [1.29, 1.82) is 0 Å². The van der Waals surface area contributed by atoms with Crippen LogP contribution in [0.2, 0.25) is 18.1 Å². The van der Waals surface area contributed by atoms with E-state index in [9.17, 15) is 5.11 Å². The van der Waals surface area contributed by atoms with E-state index in [0.29, 0.717) is 19.6 Å². The molecule has 2 rings (SSSR count). The fourth-order valence-electron chi connectivity index (χ4n) is 3.57. The number of aliphatic hydroxyl groups excluding tert-OH is 1. The zero-order valence-electron chi connectivity index (χ0n) is 20.5. The average Bonchev–Trinajstić information content (AvgIpc) is 3.06. The van der Waals surface area contributed by atoms with Gasteiger partial charge in [-0.25, -0.2) is 0 Å². The highest BCUT2D eigenvalue weighted by Gasteiger charge is 2.41. The molecule has 2 aliphatic rings. The average molecular weight is 445 g/mol. The van der Waals surface area contributed by atoms with Crippen LogP contribution in [-0.4, -0.2) is 62.6 Å². The summed E-state index contributed by atoms with van der Waals surface area (Å²) in [7, 11) is -1.93. The van der Waals surface area contributed by atoms with Crippen LogP contribution >= 0.6 is 0 Å². The Morgan fingerprint density at radius 1 is 1.00 bits per heavy atom. The third kappa shape index (κ3) is 8.00. The quantitative estimate of drug-likeness (QED) is 0.408. The van der Waals surface area contributed by atoms with Gasteiger partial charge < -0.3 is 28.5 Å². The van der Waals surface area contributed by atoms with Gasteiger partial charge in [-0.3, -0.25) is 0 Å². The first-order valence-corrected chi connectivity index (χ1v) is 14.2. The lowest BCUT2D eigenvalue weighted by Crippen LogP contribution is -2.44. The number of rotatable bonds is 9. The lowest BCUT2D eigenvalue weighted by atomic mass is 10.1. The third-order valence-electron chi connectivity index (χ3n) is 6.19. The van der Waals surface area contributed by atoms with E-state index >= 15 is 0 Å². The molecule has 0 spiro atoms. The molecular formula is C23H44O6Si. The van der Waals surface area contributed by atoms with Crippen LogP contribution < -0.4 is 0 Å². The number of ether oxygens (including phenoxy) is 4. The standard InChI is InChI=1S/C23H44O6Si/c1-21(2,3)30(8,9)29-18(14-20-16-26-23(6,7)28-20)12-10-11-17(24)13-19-15-25-22(4,5)27-19/h10-11,17-20,24H,12-16H2,1-9H3/b11-10+/t17-,18-,19+,20+/m0/s1. The second kappa shape index (κ2) is 9.69. The Hall–Kier alpha value is -0.283. The van der Waals surface area contributed by atoms with Gasteiger partial charge in [-0.05, 0) is 52.2 Å². The fourth-order valence-corrected chi connectivity index (χ4v) is 4.95. The Morgan fingerprint density at radius 2 is 1.50 bits per heavy atom. The van der Waals surface area contributed by atoms with Crippen LogP contribution in [0.3, 0.4) is 0 Å². The fraction of sp³-hybridized carbons (Fsp3) is 0.913. The van der Waals surface area contributed by atoms with Gasteiger partial charge in [0.15, 0.2) is 19.9 Å². The molecule has 0 amide bonds. The zero-order chi connectivity index (χ0) is 22.8. The largest absolute Gasteiger partial charge is 0.414 e. The molecule has 6 nitrogen and oxygen atoms in total. The normalized spacial score (nSPS) is 28.9. The van der Waals surface area contributed by atoms with Crippen molar-refractivity contribution < 1.29 is 28.5 Å². The summed E-state index contributed by atoms with van der Waals surface area (Å²) >= 11 is 0. The van der Waals surface area contributed by atoms with Gasteiger partial charge in [0.05, 0.1) is 37.6 Å². The molecule has 2 saturated heterocycles. The van der Waals surface area contributed by atoms with Gasteiger partial charge in [-0.1, -0.05) is 32.9 Å². The second-order valence-electron chi connectivity index (χ2n) is 11.1. The van der Waals surface area contributed by atoms with Crippen LogP contribution in [0.4, 0.5) is 0 Å². The number of hydrogen-bond donors (Lipinski definition) is 1. The molecule has 0 aromatic heterocycles. The van der Waals surface area contributed by atoms with Gasteiger partial charge in [0.1, 0.15) is 0 Å². The van der Waals surface area contributed by atoms with Crippen LogP contribution in [-0.2, 0) is 23.4 Å². The van der Waals surface area contributed by atoms with Crippen LogP contribution in [0.5, 0.6) is 0 Å². The maximum atomic E-state index is 10.4. The number of aliphatic hydroxyl groups is 1. The van der Waals surface area contributed by atoms with E-state index in [1.807, 2.05) is 39.8 Å². The maximum absolute atomic E-state index is 10.4. The highest BCUT2D eigenvalue weighted by molar-refractivity contribution is 6.74. The summed E-state index contributed by atoms with van der Waals surface area (Å²) < 4.78 is 29.8. The van der Waals surface area contributed by atoms with Crippen molar-refractivity contribution in [2.45, 2.75) is 122 Å². The van der Waals surface area contributed by atoms with E-state index < -0.39 is 26.0 Å². The minimum Gasteiger partial charge on any atom is -0.414 e. The van der Waals surface area contributed by atoms with Gasteiger partial charge in [-0.15, -0.1) is 0 Å². The highest BCUT2D eigenvalue weighted by Crippen LogP contribution is 2.39. The summed E-state index contributed by atoms with van der Waals surface area (Å²) in [5.41, 5.74) is 0. The molecule has 30 heavy (non-hydrogen) atoms. The Balaban J connectivity index is 1.93. The van der Waals surface area contributed by atoms with E-state index in [-0.39, 0.29) is 23.4 Å². The number of hydrogen-bond acceptors (Lipinski definition) is 6. The first-order valence-electron chi connectivity index (χ1n) is 11.2. The first-order chi connectivity index (χ1) is 13.6. The minimum atomic E-state index is -1.93. The van der Waals surface area contributed by atoms with Crippen LogP contribution in [0.25, 0.3) is 0 Å². The first kappa shape index (κ1) is 26.0. The molecule has 0 aromatic carbocycles. The summed E-state index contributed by atoms with van der Waals surface area (Å²) in [6, 6.07) is 0. The van der Waals surface area contributed by atoms with E-state index in [1.54, 1.807) is 0 Å². The molecule has 7 heteroatoms. The molecule has 2 heterocycles. The minimum absolute atomic E-state index is 0.0272. The molecule has 4 atom stereocenters. The third-order valence-corrected chi connectivity index (χ3v) is 10.7. The Bertz CT molecular complexity index is 581. The Morgan fingerprint density at radius 3 is 1.93 bits per heavy atom. The molecule has 0 aliphatic carbocycles. The van der Waals surface area contributed by atoms with Gasteiger partial charge in [-0.2, -0.15) is 0 Å². The highest BCUT2D eigenvalue weighted by atomic mass is 28.4. The molecule has 0 bridgehead atoms. The zero-order valence-corrected chi connectivity index (χ0v) is 21.5. The van der Waals surface area contributed by atoms with Crippen molar-refractivity contribution in [2.24, 2.45) is 0 Å². The van der Waals surface area contributed by atoms with Crippen LogP contribution in [0.1, 0.15) is 67.7 Å². The van der Waals surface area contributed by atoms with E-state index in [2.05, 4.69) is 33.9 Å². The summed E-state index contributed by atoms with van der Waals surface area (Å²) in [6.45, 7) is 20.1. The Labute approximate surface area is 184 Å². The van der Waals surface area contributed by atoms with E-state index in [0.717, 1.165) is 12.8 Å². The summed E-state index contributed by atoms with van der Waals surface area (Å²) in [5.74, 6) is -1.09. The molecule has 2 aliphatic heterocycles. The van der Waals surface area contributed by atoms with Gasteiger partial charge >= 0.3 is 0 Å². The molecular weight excluding hydrogens is 400 g/mol. The molecule has 1 N–H and O–H groups in total. The summed E-state index contributed by atoms with van der Waals surface area (Å²) in [5, 5.41) is 10.5. The Kier molecular flexibility index (Phi) is 8.39. The van der Waals surface area contributed by atoms with Gasteiger partial charge in [0, 0.05) is 12.8 Å². The van der Waals surface area contributed by atoms with Crippen LogP contribution in [0, 0.1) is 0 Å². The smallest absolute Gasteiger partial charge is 0.192 e. The van der Waals surface area contributed by atoms with Crippen molar-refractivity contribution in [3.63, 3.8) is 0 Å². The van der Waals surface area contributed by atoms with E-state index in [1.165, 1.54) is 0 Å². The maximum Gasteiger partial charge on any atom is 0.192 e. The summed E-state index contributed by atoms with van der Waals surface area (Å²) in [4.78, 5) is 0. The van der Waals surface area contributed by atoms with E-state index in [4.69, 9.17) is 23.4 Å². The predicted molar refractivity (Wildman–Crippen MR) is 121 cm³/mol. The second-order valence-corrected chi connectivity index (χ2v) is 15.9. The van der Waals surface area contributed by atoms with Crippen molar-refractivity contribution in [3.8, 4) is 0 Å². The topological polar surface area (TPSA) is 66.4 Å². The molecule has 0 radical (unpaired) electrons. The monoisotopic (exact) mass is 444 g/mol. The predicted octanol–water partition coefficient (Wildman–Crippen LogP) is 4.77. The molecule has 2 fully saturated rings. The van der Waals surface area contributed by atoms with Gasteiger partial charge in [0.2, 0.25) is 0 Å². The lowest BCUT2D eigenvalue weighted by Gasteiger charge is -2.39. The summed E-state index contributed by atoms with van der Waals surface area (Å²) in [6.07, 6.45) is 5.34. The van der Waals surface area contributed by atoms with Crippen molar-refractivity contribution in [3.05, 3.63) is 12.2 Å². The lowest BCUT2D eigenvalue weighted by molar-refractivity contribution is -0.141. The SMILES string of the molecule is CC1(C)OC[C@@H](C[C@H](C/C=C/[C@H](O)C[C@@H]2COC(C)(C)O2)O[Si](C)(C)C(C)(C)C)O1. The van der Waals surface area contributed by atoms with Crippen molar-refractivity contribution >= 4 is 8.32 Å². The van der Waals surface area contributed by atoms with Crippen LogP contribution in [0.15, 0.2) is 12.2 Å². The molecule has 0 saturated carbocycles. The molecule has 0 unspecified atom stereocenters. The van der Waals surface area contributed by atoms with Crippen molar-refractivity contribution in [1.82, 2.24) is 0 Å². The molecule has 176 valence electrons. The van der Waals surface area contributed by atoms with Crippen molar-refractivity contribution in [2.75, 3.05) is 13.2 Å². The van der Waals surface area contributed by atoms with Gasteiger partial charge in [0.25, 0.3) is 0 Å².